The Balaban J connectivity index is 2.79. The van der Waals surface area contributed by atoms with E-state index >= 15 is 0 Å². The van der Waals surface area contributed by atoms with Crippen molar-refractivity contribution in [3.05, 3.63) is 0 Å². The van der Waals surface area contributed by atoms with Crippen LogP contribution in [0.25, 0.3) is 0 Å². The second-order valence-corrected chi connectivity index (χ2v) is 3.84. The molecule has 60 valence electrons. The zero-order chi connectivity index (χ0) is 8.43. The SMILES string of the molecule is CC(=O)N1C(=O)CCSC1=S. The van der Waals surface area contributed by atoms with Gasteiger partial charge in [-0.2, -0.15) is 0 Å². The van der Waals surface area contributed by atoms with Gasteiger partial charge in [0.05, 0.1) is 0 Å². The monoisotopic (exact) mass is 189 g/mol. The third-order valence-electron chi connectivity index (χ3n) is 1.29. The van der Waals surface area contributed by atoms with Crippen LogP contribution < -0.4 is 0 Å². The fourth-order valence-corrected chi connectivity index (χ4v) is 2.10. The van der Waals surface area contributed by atoms with Crippen molar-refractivity contribution in [3.8, 4) is 0 Å². The topological polar surface area (TPSA) is 37.4 Å². The Labute approximate surface area is 74.1 Å². The second kappa shape index (κ2) is 3.32. The minimum atomic E-state index is -0.285. The van der Waals surface area contributed by atoms with Gasteiger partial charge < -0.3 is 0 Å². The average molecular weight is 189 g/mol. The van der Waals surface area contributed by atoms with Crippen molar-refractivity contribution in [1.82, 2.24) is 4.90 Å². The van der Waals surface area contributed by atoms with Gasteiger partial charge in [0.1, 0.15) is 4.32 Å². The largest absolute Gasteiger partial charge is 0.274 e. The molecular weight excluding hydrogens is 182 g/mol. The number of thiocarbonyl (C=S) groups is 1. The lowest BCUT2D eigenvalue weighted by Gasteiger charge is -2.23. The van der Waals surface area contributed by atoms with Gasteiger partial charge in [-0.15, -0.1) is 0 Å². The van der Waals surface area contributed by atoms with Gasteiger partial charge >= 0.3 is 0 Å². The standard InChI is InChI=1S/C6H7NO2S2/c1-4(8)7-5(9)2-3-11-6(7)10/h2-3H2,1H3. The molecule has 0 N–H and O–H groups in total. The number of nitrogens with zero attached hydrogens (tertiary/aromatic N) is 1. The van der Waals surface area contributed by atoms with Crippen LogP contribution in [0.15, 0.2) is 0 Å². The summed E-state index contributed by atoms with van der Waals surface area (Å²) >= 11 is 6.20. The van der Waals surface area contributed by atoms with Crippen molar-refractivity contribution in [2.24, 2.45) is 0 Å². The summed E-state index contributed by atoms with van der Waals surface area (Å²) in [5.41, 5.74) is 0. The number of thioether (sulfide) groups is 1. The molecule has 0 atom stereocenters. The van der Waals surface area contributed by atoms with E-state index in [4.69, 9.17) is 12.2 Å². The quantitative estimate of drug-likeness (QED) is 0.528. The fraction of sp³-hybridized carbons (Fsp3) is 0.500. The second-order valence-electron chi connectivity index (χ2n) is 2.11. The highest BCUT2D eigenvalue weighted by molar-refractivity contribution is 8.23. The lowest BCUT2D eigenvalue weighted by Crippen LogP contribution is -2.41. The highest BCUT2D eigenvalue weighted by atomic mass is 32.2. The first kappa shape index (κ1) is 8.67. The van der Waals surface area contributed by atoms with Crippen molar-refractivity contribution < 1.29 is 9.59 Å². The molecular formula is C6H7NO2S2. The Hall–Kier alpha value is -0.420. The molecule has 1 aliphatic rings. The van der Waals surface area contributed by atoms with Crippen LogP contribution in [0.3, 0.4) is 0 Å². The van der Waals surface area contributed by atoms with Crippen LogP contribution in [0.2, 0.25) is 0 Å². The van der Waals surface area contributed by atoms with Gasteiger partial charge in [-0.1, -0.05) is 24.0 Å². The molecule has 0 radical (unpaired) electrons. The summed E-state index contributed by atoms with van der Waals surface area (Å²) in [7, 11) is 0. The molecule has 0 saturated carbocycles. The molecule has 1 heterocycles. The molecule has 1 saturated heterocycles. The Morgan fingerprint density at radius 3 is 2.73 bits per heavy atom. The fourth-order valence-electron chi connectivity index (χ4n) is 0.808. The molecule has 0 aliphatic carbocycles. The number of carbonyl (C=O) groups excluding carboxylic acids is 2. The van der Waals surface area contributed by atoms with E-state index in [0.29, 0.717) is 16.5 Å². The van der Waals surface area contributed by atoms with Gasteiger partial charge in [0, 0.05) is 19.1 Å². The summed E-state index contributed by atoms with van der Waals surface area (Å²) in [6.45, 7) is 1.34. The Bertz CT molecular complexity index is 211. The first-order valence-corrected chi connectivity index (χ1v) is 4.52. The van der Waals surface area contributed by atoms with E-state index in [2.05, 4.69) is 0 Å². The predicted octanol–water partition coefficient (Wildman–Crippen LogP) is 0.783. The molecule has 11 heavy (non-hydrogen) atoms. The third kappa shape index (κ3) is 1.78. The van der Waals surface area contributed by atoms with Gasteiger partial charge in [-0.3, -0.25) is 9.59 Å². The molecule has 0 bridgehead atoms. The van der Waals surface area contributed by atoms with E-state index in [1.165, 1.54) is 18.7 Å². The van der Waals surface area contributed by atoms with E-state index in [1.807, 2.05) is 0 Å². The number of carbonyl (C=O) groups is 2. The van der Waals surface area contributed by atoms with Gasteiger partial charge in [0.15, 0.2) is 0 Å². The lowest BCUT2D eigenvalue weighted by atomic mass is 10.4. The maximum absolute atomic E-state index is 11.1. The van der Waals surface area contributed by atoms with Crippen LogP contribution in [-0.4, -0.2) is 26.8 Å². The van der Waals surface area contributed by atoms with Gasteiger partial charge in [-0.25, -0.2) is 4.90 Å². The van der Waals surface area contributed by atoms with E-state index in [0.717, 1.165) is 4.90 Å². The summed E-state index contributed by atoms with van der Waals surface area (Å²) in [5.74, 6) is 0.231. The van der Waals surface area contributed by atoms with Crippen molar-refractivity contribution in [1.29, 1.82) is 0 Å². The third-order valence-corrected chi connectivity index (χ3v) is 2.66. The highest BCUT2D eigenvalue weighted by Gasteiger charge is 2.26. The van der Waals surface area contributed by atoms with Crippen molar-refractivity contribution in [2.75, 3.05) is 5.75 Å². The number of imide groups is 1. The first-order chi connectivity index (χ1) is 5.13. The molecule has 0 unspecified atom stereocenters. The van der Waals surface area contributed by atoms with Crippen LogP contribution in [0.5, 0.6) is 0 Å². The first-order valence-electron chi connectivity index (χ1n) is 3.13. The summed E-state index contributed by atoms with van der Waals surface area (Å²) in [6.07, 6.45) is 0.407. The normalized spacial score (nSPS) is 18.8. The summed E-state index contributed by atoms with van der Waals surface area (Å²) < 4.78 is 0.383. The summed E-state index contributed by atoms with van der Waals surface area (Å²) in [4.78, 5) is 22.9. The van der Waals surface area contributed by atoms with E-state index in [-0.39, 0.29) is 11.8 Å². The molecule has 1 fully saturated rings. The molecule has 3 nitrogen and oxygen atoms in total. The van der Waals surface area contributed by atoms with E-state index in [9.17, 15) is 9.59 Å². The van der Waals surface area contributed by atoms with Crippen LogP contribution in [0.1, 0.15) is 13.3 Å². The van der Waals surface area contributed by atoms with E-state index < -0.39 is 0 Å². The minimum absolute atomic E-state index is 0.179. The molecule has 0 aromatic carbocycles. The molecule has 1 aliphatic heterocycles. The van der Waals surface area contributed by atoms with Crippen LogP contribution in [-0.2, 0) is 9.59 Å². The predicted molar refractivity (Wildman–Crippen MR) is 47.2 cm³/mol. The minimum Gasteiger partial charge on any atom is -0.274 e. The van der Waals surface area contributed by atoms with Crippen LogP contribution >= 0.6 is 24.0 Å². The van der Waals surface area contributed by atoms with Crippen molar-refractivity contribution in [2.45, 2.75) is 13.3 Å². The molecule has 0 aromatic rings. The number of hydrogen-bond donors (Lipinski definition) is 0. The summed E-state index contributed by atoms with van der Waals surface area (Å²) in [6, 6.07) is 0. The molecule has 2 amide bonds. The molecule has 5 heteroatoms. The highest BCUT2D eigenvalue weighted by Crippen LogP contribution is 2.18. The maximum Gasteiger partial charge on any atom is 0.235 e. The molecule has 0 aromatic heterocycles. The Morgan fingerprint density at radius 2 is 2.36 bits per heavy atom. The zero-order valence-electron chi connectivity index (χ0n) is 5.99. The smallest absolute Gasteiger partial charge is 0.235 e. The van der Waals surface area contributed by atoms with Crippen molar-refractivity contribution in [3.63, 3.8) is 0 Å². The zero-order valence-corrected chi connectivity index (χ0v) is 7.63. The number of rotatable bonds is 0. The van der Waals surface area contributed by atoms with Gasteiger partial charge in [0.25, 0.3) is 0 Å². The van der Waals surface area contributed by atoms with Crippen LogP contribution in [0, 0.1) is 0 Å². The molecule has 0 spiro atoms. The maximum atomic E-state index is 11.1. The lowest BCUT2D eigenvalue weighted by molar-refractivity contribution is -0.137. The Morgan fingerprint density at radius 1 is 1.73 bits per heavy atom. The van der Waals surface area contributed by atoms with Crippen molar-refractivity contribution >= 4 is 40.1 Å². The molecule has 1 rings (SSSR count). The van der Waals surface area contributed by atoms with Gasteiger partial charge in [0.2, 0.25) is 11.8 Å². The van der Waals surface area contributed by atoms with E-state index in [1.54, 1.807) is 0 Å². The number of amides is 2. The van der Waals surface area contributed by atoms with Gasteiger partial charge in [-0.05, 0) is 0 Å². The summed E-state index contributed by atoms with van der Waals surface area (Å²) in [5, 5.41) is 0. The van der Waals surface area contributed by atoms with Crippen LogP contribution in [0.4, 0.5) is 0 Å². The average Bonchev–Trinajstić information content (AvgIpc) is 1.85. The Kier molecular flexibility index (Phi) is 2.62. The number of hydrogen-bond acceptors (Lipinski definition) is 4.